The molecule has 1 aromatic carbocycles. The van der Waals surface area contributed by atoms with Crippen molar-refractivity contribution in [3.8, 4) is 0 Å². The van der Waals surface area contributed by atoms with Crippen LogP contribution in [0.1, 0.15) is 5.56 Å². The van der Waals surface area contributed by atoms with E-state index in [0.29, 0.717) is 0 Å². The smallest absolute Gasteiger partial charge is 0.165 e. The summed E-state index contributed by atoms with van der Waals surface area (Å²) in [6.07, 6.45) is 2.52. The number of hydrogen-bond donors (Lipinski definition) is 0. The van der Waals surface area contributed by atoms with Crippen LogP contribution in [0.5, 0.6) is 0 Å². The number of halogens is 1. The van der Waals surface area contributed by atoms with Crippen molar-refractivity contribution in [3.63, 3.8) is 0 Å². The molecule has 0 bridgehead atoms. The molecule has 1 rings (SSSR count). The van der Waals surface area contributed by atoms with Gasteiger partial charge in [-0.2, -0.15) is 31.0 Å². The van der Waals surface area contributed by atoms with Crippen LogP contribution in [0.4, 0.5) is 0 Å². The quantitative estimate of drug-likeness (QED) is 0.602. The molecular weight excluding hydrogens is 272 g/mol. The van der Waals surface area contributed by atoms with E-state index in [9.17, 15) is 4.79 Å². The third-order valence-corrected chi connectivity index (χ3v) is 1.22. The van der Waals surface area contributed by atoms with Crippen LogP contribution in [0.3, 0.4) is 0 Å². The SMILES string of the molecule is C=C[CH-]C(=O)Cl.[CH2-]c1ccccc1.[Y]. The Kier molecular flexibility index (Phi) is 12.5. The van der Waals surface area contributed by atoms with Gasteiger partial charge in [0, 0.05) is 32.7 Å². The average molecular weight is 284 g/mol. The fraction of sp³-hybridized carbons (Fsp3) is 0. The first-order valence-corrected chi connectivity index (χ1v) is 4.07. The first-order chi connectivity index (χ1) is 6.16. The Morgan fingerprint density at radius 3 is 2.07 bits per heavy atom. The third-order valence-electron chi connectivity index (χ3n) is 1.09. The molecule has 0 aliphatic carbocycles. The van der Waals surface area contributed by atoms with Crippen LogP contribution in [0.2, 0.25) is 0 Å². The van der Waals surface area contributed by atoms with E-state index in [2.05, 4.69) is 13.5 Å². The molecule has 1 radical (unpaired) electrons. The Labute approximate surface area is 115 Å². The van der Waals surface area contributed by atoms with Crippen molar-refractivity contribution >= 4 is 16.8 Å². The predicted octanol–water partition coefficient (Wildman–Crippen LogP) is 3.01. The van der Waals surface area contributed by atoms with Gasteiger partial charge in [-0.25, -0.2) is 12.7 Å². The molecule has 0 atom stereocenters. The minimum atomic E-state index is -0.481. The molecule has 0 spiro atoms. The molecular formula is C11H11ClOY-2. The normalized spacial score (nSPS) is 7.21. The number of carbonyl (C=O) groups excluding carboxylic acids is 1. The number of allylic oxidation sites excluding steroid dienone is 1. The van der Waals surface area contributed by atoms with E-state index in [4.69, 9.17) is 11.6 Å². The number of carbonyl (C=O) groups is 1. The summed E-state index contributed by atoms with van der Waals surface area (Å²) in [5, 5.41) is -0.481. The van der Waals surface area contributed by atoms with Crippen LogP contribution in [-0.4, -0.2) is 5.24 Å². The Bertz CT molecular complexity index is 259. The summed E-state index contributed by atoms with van der Waals surface area (Å²) in [4.78, 5) is 9.68. The van der Waals surface area contributed by atoms with Gasteiger partial charge in [0.05, 0.1) is 0 Å². The zero-order valence-corrected chi connectivity index (χ0v) is 11.4. The molecule has 1 aromatic rings. The number of benzene rings is 1. The van der Waals surface area contributed by atoms with Gasteiger partial charge in [0.15, 0.2) is 5.24 Å². The number of hydrogen-bond acceptors (Lipinski definition) is 1. The zero-order chi connectivity index (χ0) is 10.1. The molecule has 1 nitrogen and oxygen atoms in total. The molecule has 3 heteroatoms. The van der Waals surface area contributed by atoms with E-state index >= 15 is 0 Å². The van der Waals surface area contributed by atoms with Gasteiger partial charge in [0.25, 0.3) is 0 Å². The maximum atomic E-state index is 9.68. The largest absolute Gasteiger partial charge is 0.298 e. The summed E-state index contributed by atoms with van der Waals surface area (Å²) >= 11 is 4.81. The predicted molar refractivity (Wildman–Crippen MR) is 56.3 cm³/mol. The molecule has 0 aliphatic rings. The first-order valence-electron chi connectivity index (χ1n) is 3.69. The average Bonchev–Trinajstić information content (AvgIpc) is 2.06. The summed E-state index contributed by atoms with van der Waals surface area (Å²) in [5.41, 5.74) is 1.07. The second-order valence-electron chi connectivity index (χ2n) is 2.19. The maximum absolute atomic E-state index is 9.68. The monoisotopic (exact) mass is 283 g/mol. The van der Waals surface area contributed by atoms with Crippen molar-refractivity contribution in [1.82, 2.24) is 0 Å². The molecule has 0 fully saturated rings. The van der Waals surface area contributed by atoms with Crippen LogP contribution in [0, 0.1) is 13.3 Å². The van der Waals surface area contributed by atoms with Crippen LogP contribution < -0.4 is 0 Å². The second kappa shape index (κ2) is 10.8. The van der Waals surface area contributed by atoms with Gasteiger partial charge >= 0.3 is 0 Å². The molecule has 0 N–H and O–H groups in total. The summed E-state index contributed by atoms with van der Waals surface area (Å²) in [6, 6.07) is 9.87. The fourth-order valence-electron chi connectivity index (χ4n) is 0.571. The van der Waals surface area contributed by atoms with Gasteiger partial charge in [0.1, 0.15) is 0 Å². The molecule has 0 heterocycles. The molecule has 14 heavy (non-hydrogen) atoms. The van der Waals surface area contributed by atoms with E-state index in [1.165, 1.54) is 12.5 Å². The summed E-state index contributed by atoms with van der Waals surface area (Å²) < 4.78 is 0. The summed E-state index contributed by atoms with van der Waals surface area (Å²) in [7, 11) is 0. The number of rotatable bonds is 2. The third kappa shape index (κ3) is 11.8. The summed E-state index contributed by atoms with van der Waals surface area (Å²) in [5.74, 6) is 0. The van der Waals surface area contributed by atoms with Gasteiger partial charge in [0.2, 0.25) is 0 Å². The van der Waals surface area contributed by atoms with Gasteiger partial charge < -0.3 is 0 Å². The van der Waals surface area contributed by atoms with Gasteiger partial charge in [-0.3, -0.25) is 4.79 Å². The maximum Gasteiger partial charge on any atom is 0.165 e. The minimum absolute atomic E-state index is 0. The Hall–Kier alpha value is -0.236. The van der Waals surface area contributed by atoms with E-state index < -0.39 is 5.24 Å². The van der Waals surface area contributed by atoms with Crippen molar-refractivity contribution in [1.29, 1.82) is 0 Å². The molecule has 0 saturated heterocycles. The van der Waals surface area contributed by atoms with Crippen LogP contribution >= 0.6 is 11.6 Å². The van der Waals surface area contributed by atoms with E-state index in [0.717, 1.165) is 5.56 Å². The minimum Gasteiger partial charge on any atom is -0.298 e. The van der Waals surface area contributed by atoms with Crippen molar-refractivity contribution < 1.29 is 37.5 Å². The van der Waals surface area contributed by atoms with E-state index in [1.54, 1.807) is 0 Å². The van der Waals surface area contributed by atoms with Gasteiger partial charge in [-0.15, -0.1) is 12.1 Å². The van der Waals surface area contributed by atoms with Crippen molar-refractivity contribution in [3.05, 3.63) is 61.9 Å². The first kappa shape index (κ1) is 16.2. The van der Waals surface area contributed by atoms with Crippen molar-refractivity contribution in [2.75, 3.05) is 0 Å². The van der Waals surface area contributed by atoms with Crippen molar-refractivity contribution in [2.24, 2.45) is 0 Å². The zero-order valence-electron chi connectivity index (χ0n) is 7.82. The molecule has 0 aliphatic heterocycles. The molecule has 0 aromatic heterocycles. The summed E-state index contributed by atoms with van der Waals surface area (Å²) in [6.45, 7) is 6.96. The Morgan fingerprint density at radius 1 is 1.43 bits per heavy atom. The van der Waals surface area contributed by atoms with Gasteiger partial charge in [-0.05, 0) is 0 Å². The van der Waals surface area contributed by atoms with Crippen molar-refractivity contribution in [2.45, 2.75) is 0 Å². The van der Waals surface area contributed by atoms with E-state index in [-0.39, 0.29) is 32.7 Å². The van der Waals surface area contributed by atoms with Gasteiger partial charge in [-0.1, -0.05) is 17.7 Å². The Morgan fingerprint density at radius 2 is 1.93 bits per heavy atom. The molecule has 0 amide bonds. The fourth-order valence-corrected chi connectivity index (χ4v) is 0.660. The standard InChI is InChI=1S/C7H7.C4H4ClO.Y/c1-7-5-3-2-4-6-7;1-2-3-4(5)6;/h2-6H,1H2;2-3H,1H2;/q2*-1;. The second-order valence-corrected chi connectivity index (χ2v) is 2.56. The molecule has 73 valence electrons. The van der Waals surface area contributed by atoms with Crippen LogP contribution in [-0.2, 0) is 37.5 Å². The van der Waals surface area contributed by atoms with E-state index in [1.807, 2.05) is 30.3 Å². The molecule has 0 unspecified atom stereocenters. The molecule has 0 saturated carbocycles. The Balaban J connectivity index is 0. The topological polar surface area (TPSA) is 17.1 Å². The van der Waals surface area contributed by atoms with Crippen LogP contribution in [0.25, 0.3) is 0 Å². The van der Waals surface area contributed by atoms with Crippen LogP contribution in [0.15, 0.2) is 43.0 Å².